The van der Waals surface area contributed by atoms with Crippen LogP contribution in [-0.2, 0) is 6.54 Å². The molecule has 2 rings (SSSR count). The Morgan fingerprint density at radius 3 is 2.90 bits per heavy atom. The zero-order chi connectivity index (χ0) is 13.7. The molecule has 0 radical (unpaired) electrons. The van der Waals surface area contributed by atoms with Gasteiger partial charge in [0.05, 0.1) is 7.11 Å². The molecule has 4 heteroatoms. The average molecular weight is 299 g/mol. The minimum absolute atomic E-state index is 0. The van der Waals surface area contributed by atoms with Gasteiger partial charge in [0, 0.05) is 32.2 Å². The fraction of sp³-hybridized carbons (Fsp3) is 0.625. The molecule has 1 aromatic carbocycles. The van der Waals surface area contributed by atoms with Gasteiger partial charge in [-0.15, -0.1) is 12.4 Å². The number of aryl methyl sites for hydroxylation is 1. The fourth-order valence-corrected chi connectivity index (χ4v) is 2.83. The molecule has 20 heavy (non-hydrogen) atoms. The molecule has 0 aliphatic carbocycles. The predicted molar refractivity (Wildman–Crippen MR) is 87.0 cm³/mol. The van der Waals surface area contributed by atoms with Crippen molar-refractivity contribution in [2.75, 3.05) is 26.7 Å². The highest BCUT2D eigenvalue weighted by molar-refractivity contribution is 5.85. The smallest absolute Gasteiger partial charge is 0.122 e. The van der Waals surface area contributed by atoms with Crippen molar-refractivity contribution in [2.45, 2.75) is 39.3 Å². The summed E-state index contributed by atoms with van der Waals surface area (Å²) >= 11 is 0. The molecule has 1 fully saturated rings. The first kappa shape index (κ1) is 17.3. The van der Waals surface area contributed by atoms with Gasteiger partial charge in [0.25, 0.3) is 0 Å². The number of ether oxygens (including phenoxy) is 1. The van der Waals surface area contributed by atoms with Crippen molar-refractivity contribution < 1.29 is 4.74 Å². The van der Waals surface area contributed by atoms with E-state index in [2.05, 4.69) is 42.3 Å². The summed E-state index contributed by atoms with van der Waals surface area (Å²) in [7, 11) is 1.75. The minimum atomic E-state index is 0. The number of rotatable bonds is 5. The lowest BCUT2D eigenvalue weighted by Gasteiger charge is -2.36. The van der Waals surface area contributed by atoms with E-state index in [1.54, 1.807) is 7.11 Å². The van der Waals surface area contributed by atoms with Crippen molar-refractivity contribution in [1.82, 2.24) is 10.2 Å². The molecule has 1 atom stereocenters. The van der Waals surface area contributed by atoms with Crippen LogP contribution in [0.1, 0.15) is 30.9 Å². The Kier molecular flexibility index (Phi) is 7.35. The van der Waals surface area contributed by atoms with Crippen LogP contribution in [0.4, 0.5) is 0 Å². The van der Waals surface area contributed by atoms with Gasteiger partial charge in [-0.1, -0.05) is 25.5 Å². The van der Waals surface area contributed by atoms with Crippen LogP contribution < -0.4 is 10.1 Å². The van der Waals surface area contributed by atoms with Crippen molar-refractivity contribution in [1.29, 1.82) is 0 Å². The van der Waals surface area contributed by atoms with E-state index in [-0.39, 0.29) is 12.4 Å². The van der Waals surface area contributed by atoms with Gasteiger partial charge >= 0.3 is 0 Å². The van der Waals surface area contributed by atoms with Crippen LogP contribution in [0.15, 0.2) is 18.2 Å². The second-order valence-electron chi connectivity index (χ2n) is 5.42. The van der Waals surface area contributed by atoms with E-state index in [1.807, 2.05) is 0 Å². The maximum Gasteiger partial charge on any atom is 0.122 e. The van der Waals surface area contributed by atoms with Gasteiger partial charge in [-0.05, 0) is 30.5 Å². The lowest BCUT2D eigenvalue weighted by molar-refractivity contribution is 0.144. The third-order valence-corrected chi connectivity index (χ3v) is 3.95. The third kappa shape index (κ3) is 4.37. The van der Waals surface area contributed by atoms with E-state index >= 15 is 0 Å². The molecule has 114 valence electrons. The van der Waals surface area contributed by atoms with Crippen molar-refractivity contribution >= 4 is 12.4 Å². The number of halogens is 1. The molecule has 0 aromatic heterocycles. The highest BCUT2D eigenvalue weighted by Gasteiger charge is 2.21. The van der Waals surface area contributed by atoms with Crippen LogP contribution in [-0.4, -0.2) is 37.7 Å². The Balaban J connectivity index is 0.00000200. The Morgan fingerprint density at radius 2 is 2.20 bits per heavy atom. The topological polar surface area (TPSA) is 24.5 Å². The fourth-order valence-electron chi connectivity index (χ4n) is 2.83. The van der Waals surface area contributed by atoms with Crippen molar-refractivity contribution in [3.8, 4) is 5.75 Å². The Labute approximate surface area is 129 Å². The van der Waals surface area contributed by atoms with Gasteiger partial charge in [0.15, 0.2) is 0 Å². The SMILES string of the molecule is CCCC1CNCCN1Cc1ccc(C)c(OC)c1.Cl. The lowest BCUT2D eigenvalue weighted by Crippen LogP contribution is -2.50. The first-order valence-electron chi connectivity index (χ1n) is 7.33. The van der Waals surface area contributed by atoms with E-state index in [4.69, 9.17) is 4.74 Å². The summed E-state index contributed by atoms with van der Waals surface area (Å²) in [6.07, 6.45) is 2.52. The minimum Gasteiger partial charge on any atom is -0.496 e. The van der Waals surface area contributed by atoms with Crippen LogP contribution in [0.3, 0.4) is 0 Å². The summed E-state index contributed by atoms with van der Waals surface area (Å²) in [6.45, 7) is 8.75. The molecule has 1 aliphatic rings. The van der Waals surface area contributed by atoms with Crippen LogP contribution >= 0.6 is 12.4 Å². The number of hydrogen-bond acceptors (Lipinski definition) is 3. The standard InChI is InChI=1S/C16H26N2O.ClH/c1-4-5-15-11-17-8-9-18(15)12-14-7-6-13(2)16(10-14)19-3;/h6-7,10,15,17H,4-5,8-9,11-12H2,1-3H3;1H. The van der Waals surface area contributed by atoms with Crippen molar-refractivity contribution in [3.05, 3.63) is 29.3 Å². The van der Waals surface area contributed by atoms with E-state index in [1.165, 1.54) is 24.0 Å². The van der Waals surface area contributed by atoms with Gasteiger partial charge in [0.2, 0.25) is 0 Å². The first-order valence-corrected chi connectivity index (χ1v) is 7.33. The molecule has 1 heterocycles. The van der Waals surface area contributed by atoms with E-state index < -0.39 is 0 Å². The van der Waals surface area contributed by atoms with Crippen molar-refractivity contribution in [2.24, 2.45) is 0 Å². The molecule has 1 N–H and O–H groups in total. The van der Waals surface area contributed by atoms with E-state index in [0.29, 0.717) is 6.04 Å². The Morgan fingerprint density at radius 1 is 1.40 bits per heavy atom. The number of piperazine rings is 1. The molecular formula is C16H27ClN2O. The monoisotopic (exact) mass is 298 g/mol. The predicted octanol–water partition coefficient (Wildman–Crippen LogP) is 3.00. The molecule has 1 unspecified atom stereocenters. The maximum absolute atomic E-state index is 5.42. The summed E-state index contributed by atoms with van der Waals surface area (Å²) < 4.78 is 5.42. The highest BCUT2D eigenvalue weighted by atomic mass is 35.5. The number of hydrogen-bond donors (Lipinski definition) is 1. The second-order valence-corrected chi connectivity index (χ2v) is 5.42. The molecular weight excluding hydrogens is 272 g/mol. The first-order chi connectivity index (χ1) is 9.24. The largest absolute Gasteiger partial charge is 0.496 e. The van der Waals surface area contributed by atoms with Gasteiger partial charge in [0.1, 0.15) is 5.75 Å². The van der Waals surface area contributed by atoms with Gasteiger partial charge in [-0.2, -0.15) is 0 Å². The van der Waals surface area contributed by atoms with Crippen LogP contribution in [0.25, 0.3) is 0 Å². The van der Waals surface area contributed by atoms with E-state index in [0.717, 1.165) is 31.9 Å². The van der Waals surface area contributed by atoms with Gasteiger partial charge in [-0.3, -0.25) is 4.90 Å². The Hall–Kier alpha value is -0.770. The third-order valence-electron chi connectivity index (χ3n) is 3.95. The summed E-state index contributed by atoms with van der Waals surface area (Å²) in [5.74, 6) is 1.000. The molecule has 3 nitrogen and oxygen atoms in total. The second kappa shape index (κ2) is 8.50. The summed E-state index contributed by atoms with van der Waals surface area (Å²) in [6, 6.07) is 7.24. The van der Waals surface area contributed by atoms with Crippen LogP contribution in [0, 0.1) is 6.92 Å². The normalized spacial score (nSPS) is 19.4. The molecule has 0 saturated carbocycles. The summed E-state index contributed by atoms with van der Waals surface area (Å²) in [5, 5.41) is 3.50. The molecule has 1 aliphatic heterocycles. The Bertz CT molecular complexity index is 409. The molecule has 0 bridgehead atoms. The zero-order valence-corrected chi connectivity index (χ0v) is 13.6. The van der Waals surface area contributed by atoms with Crippen LogP contribution in [0.5, 0.6) is 5.75 Å². The average Bonchev–Trinajstić information content (AvgIpc) is 2.43. The summed E-state index contributed by atoms with van der Waals surface area (Å²) in [4.78, 5) is 2.60. The highest BCUT2D eigenvalue weighted by Crippen LogP contribution is 2.21. The van der Waals surface area contributed by atoms with Crippen LogP contribution in [0.2, 0.25) is 0 Å². The molecule has 0 amide bonds. The van der Waals surface area contributed by atoms with E-state index in [9.17, 15) is 0 Å². The quantitative estimate of drug-likeness (QED) is 0.904. The molecule has 1 saturated heterocycles. The number of methoxy groups -OCH3 is 1. The molecule has 1 aromatic rings. The zero-order valence-electron chi connectivity index (χ0n) is 12.8. The number of nitrogens with zero attached hydrogens (tertiary/aromatic N) is 1. The lowest BCUT2D eigenvalue weighted by atomic mass is 10.1. The van der Waals surface area contributed by atoms with Crippen molar-refractivity contribution in [3.63, 3.8) is 0 Å². The number of benzene rings is 1. The number of nitrogens with one attached hydrogen (secondary N) is 1. The maximum atomic E-state index is 5.42. The van der Waals surface area contributed by atoms with Gasteiger partial charge < -0.3 is 10.1 Å². The van der Waals surface area contributed by atoms with Gasteiger partial charge in [-0.25, -0.2) is 0 Å². The summed E-state index contributed by atoms with van der Waals surface area (Å²) in [5.41, 5.74) is 2.56. The molecule has 0 spiro atoms.